The molecule has 5 nitrogen and oxygen atoms in total. The van der Waals surface area contributed by atoms with Crippen molar-refractivity contribution in [2.75, 3.05) is 24.6 Å². The molecule has 0 bridgehead atoms. The van der Waals surface area contributed by atoms with Crippen LogP contribution in [0.5, 0.6) is 5.75 Å². The van der Waals surface area contributed by atoms with Crippen LogP contribution >= 0.6 is 11.3 Å². The Labute approximate surface area is 146 Å². The summed E-state index contributed by atoms with van der Waals surface area (Å²) in [6.07, 6.45) is 3.98. The lowest BCUT2D eigenvalue weighted by Gasteiger charge is -2.16. The fourth-order valence-electron chi connectivity index (χ4n) is 2.98. The third-order valence-corrected chi connectivity index (χ3v) is 4.97. The number of carbonyl (C=O) groups excluding carboxylic acids is 1. The van der Waals surface area contributed by atoms with Gasteiger partial charge in [0.15, 0.2) is 5.13 Å². The van der Waals surface area contributed by atoms with Crippen molar-refractivity contribution in [3.63, 3.8) is 0 Å². The average molecular weight is 345 g/mol. The number of nitrogens with zero attached hydrogens (tertiary/aromatic N) is 2. The first-order valence-electron chi connectivity index (χ1n) is 8.40. The van der Waals surface area contributed by atoms with Crippen molar-refractivity contribution in [3.05, 3.63) is 41.4 Å². The van der Waals surface area contributed by atoms with Gasteiger partial charge in [-0.1, -0.05) is 18.2 Å². The van der Waals surface area contributed by atoms with Crippen LogP contribution in [0.25, 0.3) is 0 Å². The van der Waals surface area contributed by atoms with E-state index in [-0.39, 0.29) is 11.9 Å². The van der Waals surface area contributed by atoms with Crippen molar-refractivity contribution in [3.8, 4) is 5.75 Å². The summed E-state index contributed by atoms with van der Waals surface area (Å²) >= 11 is 1.64. The van der Waals surface area contributed by atoms with Gasteiger partial charge in [0.2, 0.25) is 5.91 Å². The van der Waals surface area contributed by atoms with E-state index in [1.165, 1.54) is 0 Å². The number of benzene rings is 1. The minimum absolute atomic E-state index is 0.104. The summed E-state index contributed by atoms with van der Waals surface area (Å²) < 4.78 is 5.61. The normalized spacial score (nSPS) is 17.0. The van der Waals surface area contributed by atoms with Crippen molar-refractivity contribution >= 4 is 22.4 Å². The second kappa shape index (κ2) is 8.15. The number of para-hydroxylation sites is 1. The minimum atomic E-state index is 0.104. The summed E-state index contributed by atoms with van der Waals surface area (Å²) in [6.45, 7) is 4.40. The molecule has 1 amide bonds. The van der Waals surface area contributed by atoms with E-state index in [0.717, 1.165) is 36.0 Å². The van der Waals surface area contributed by atoms with E-state index in [1.54, 1.807) is 11.3 Å². The van der Waals surface area contributed by atoms with E-state index in [4.69, 9.17) is 4.74 Å². The molecule has 1 aromatic heterocycles. The number of hydrogen-bond acceptors (Lipinski definition) is 5. The highest BCUT2D eigenvalue weighted by Crippen LogP contribution is 2.23. The summed E-state index contributed by atoms with van der Waals surface area (Å²) in [5, 5.41) is 6.17. The Bertz CT molecular complexity index is 660. The number of thiazole rings is 1. The molecule has 1 N–H and O–H groups in total. The van der Waals surface area contributed by atoms with Crippen LogP contribution in [-0.4, -0.2) is 36.6 Å². The Balaban J connectivity index is 1.47. The van der Waals surface area contributed by atoms with Gasteiger partial charge in [-0.05, 0) is 31.4 Å². The van der Waals surface area contributed by atoms with Crippen LogP contribution in [0, 0.1) is 0 Å². The lowest BCUT2D eigenvalue weighted by atomic mass is 10.1. The van der Waals surface area contributed by atoms with Crippen molar-refractivity contribution in [2.45, 2.75) is 32.2 Å². The number of ether oxygens (including phenoxy) is 1. The molecule has 6 heteroatoms. The van der Waals surface area contributed by atoms with Gasteiger partial charge in [0, 0.05) is 37.1 Å². The largest absolute Gasteiger partial charge is 0.494 e. The number of nitrogens with one attached hydrogen (secondary N) is 1. The van der Waals surface area contributed by atoms with Gasteiger partial charge in [0.25, 0.3) is 0 Å². The summed E-state index contributed by atoms with van der Waals surface area (Å²) in [5.41, 5.74) is 1.09. The maximum Gasteiger partial charge on any atom is 0.220 e. The highest BCUT2D eigenvalue weighted by Gasteiger charge is 2.25. The Morgan fingerprint density at radius 2 is 2.33 bits per heavy atom. The molecular weight excluding hydrogens is 322 g/mol. The topological polar surface area (TPSA) is 54.5 Å². The van der Waals surface area contributed by atoms with Gasteiger partial charge >= 0.3 is 0 Å². The van der Waals surface area contributed by atoms with E-state index in [9.17, 15) is 4.79 Å². The molecule has 1 fully saturated rings. The van der Waals surface area contributed by atoms with Crippen molar-refractivity contribution in [1.82, 2.24) is 10.3 Å². The molecule has 2 aromatic rings. The second-order valence-corrected chi connectivity index (χ2v) is 6.73. The first-order chi connectivity index (χ1) is 11.8. The number of hydrogen-bond donors (Lipinski definition) is 1. The molecule has 2 heterocycles. The third kappa shape index (κ3) is 4.26. The Kier molecular flexibility index (Phi) is 5.69. The van der Waals surface area contributed by atoms with E-state index in [0.29, 0.717) is 19.4 Å². The lowest BCUT2D eigenvalue weighted by molar-refractivity contribution is -0.121. The maximum absolute atomic E-state index is 12.3. The molecule has 0 radical (unpaired) electrons. The molecular formula is C18H23N3O2S. The SMILES string of the molecule is CCOc1ccccc1CCC(=O)N[C@H]1CCN(c2nccs2)C1. The van der Waals surface area contributed by atoms with Crippen LogP contribution in [-0.2, 0) is 11.2 Å². The van der Waals surface area contributed by atoms with Gasteiger partial charge in [0.05, 0.1) is 6.61 Å². The molecule has 1 aliphatic rings. The molecule has 0 spiro atoms. The third-order valence-electron chi connectivity index (χ3n) is 4.14. The standard InChI is InChI=1S/C18H23N3O2S/c1-2-23-16-6-4-3-5-14(16)7-8-17(22)20-15-9-11-21(13-15)18-19-10-12-24-18/h3-6,10,12,15H,2,7-9,11,13H2,1H3,(H,20,22)/t15-/m0/s1. The summed E-state index contributed by atoms with van der Waals surface area (Å²) in [7, 11) is 0. The van der Waals surface area contributed by atoms with E-state index < -0.39 is 0 Å². The molecule has 128 valence electrons. The molecule has 0 saturated carbocycles. The van der Waals surface area contributed by atoms with Crippen molar-refractivity contribution in [1.29, 1.82) is 0 Å². The zero-order valence-electron chi connectivity index (χ0n) is 13.9. The van der Waals surface area contributed by atoms with E-state index in [2.05, 4.69) is 15.2 Å². The minimum Gasteiger partial charge on any atom is -0.494 e. The monoisotopic (exact) mass is 345 g/mol. The summed E-state index contributed by atoms with van der Waals surface area (Å²) in [6, 6.07) is 8.14. The Morgan fingerprint density at radius 3 is 3.12 bits per heavy atom. The van der Waals surface area contributed by atoms with Crippen LogP contribution in [0.3, 0.4) is 0 Å². The molecule has 0 unspecified atom stereocenters. The molecule has 1 aromatic carbocycles. The van der Waals surface area contributed by atoms with Gasteiger partial charge < -0.3 is 15.0 Å². The van der Waals surface area contributed by atoms with Crippen LogP contribution in [0.1, 0.15) is 25.3 Å². The molecule has 1 aliphatic heterocycles. The van der Waals surface area contributed by atoms with Crippen LogP contribution < -0.4 is 15.0 Å². The molecule has 0 aliphatic carbocycles. The molecule has 24 heavy (non-hydrogen) atoms. The quantitative estimate of drug-likeness (QED) is 0.838. The number of amides is 1. The average Bonchev–Trinajstić information content (AvgIpc) is 3.25. The fourth-order valence-corrected chi connectivity index (χ4v) is 3.66. The molecule has 1 atom stereocenters. The summed E-state index contributed by atoms with van der Waals surface area (Å²) in [5.74, 6) is 0.982. The number of anilines is 1. The number of aromatic nitrogens is 1. The number of aryl methyl sites for hydroxylation is 1. The predicted molar refractivity (Wildman–Crippen MR) is 96.8 cm³/mol. The number of rotatable bonds is 7. The smallest absolute Gasteiger partial charge is 0.220 e. The Morgan fingerprint density at radius 1 is 1.46 bits per heavy atom. The fraction of sp³-hybridized carbons (Fsp3) is 0.444. The van der Waals surface area contributed by atoms with Gasteiger partial charge in [-0.3, -0.25) is 4.79 Å². The van der Waals surface area contributed by atoms with E-state index in [1.807, 2.05) is 42.8 Å². The lowest BCUT2D eigenvalue weighted by Crippen LogP contribution is -2.37. The Hall–Kier alpha value is -2.08. The van der Waals surface area contributed by atoms with E-state index >= 15 is 0 Å². The first-order valence-corrected chi connectivity index (χ1v) is 9.28. The van der Waals surface area contributed by atoms with Gasteiger partial charge in [-0.2, -0.15) is 0 Å². The highest BCUT2D eigenvalue weighted by atomic mass is 32.1. The van der Waals surface area contributed by atoms with Crippen LogP contribution in [0.2, 0.25) is 0 Å². The zero-order chi connectivity index (χ0) is 16.8. The van der Waals surface area contributed by atoms with Crippen molar-refractivity contribution in [2.24, 2.45) is 0 Å². The van der Waals surface area contributed by atoms with Crippen LogP contribution in [0.15, 0.2) is 35.8 Å². The summed E-state index contributed by atoms with van der Waals surface area (Å²) in [4.78, 5) is 18.8. The van der Waals surface area contributed by atoms with Gasteiger partial charge in [0.1, 0.15) is 5.75 Å². The van der Waals surface area contributed by atoms with Crippen molar-refractivity contribution < 1.29 is 9.53 Å². The zero-order valence-corrected chi connectivity index (χ0v) is 14.7. The highest BCUT2D eigenvalue weighted by molar-refractivity contribution is 7.13. The van der Waals surface area contributed by atoms with Gasteiger partial charge in [-0.25, -0.2) is 4.98 Å². The van der Waals surface area contributed by atoms with Crippen LogP contribution in [0.4, 0.5) is 5.13 Å². The maximum atomic E-state index is 12.3. The van der Waals surface area contributed by atoms with Gasteiger partial charge in [-0.15, -0.1) is 11.3 Å². The predicted octanol–water partition coefficient (Wildman–Crippen LogP) is 2.87. The number of carbonyl (C=O) groups is 1. The second-order valence-electron chi connectivity index (χ2n) is 5.85. The molecule has 3 rings (SSSR count). The molecule has 1 saturated heterocycles. The first kappa shape index (κ1) is 16.8.